The maximum Gasteiger partial charge on any atom is 0.284 e. The summed E-state index contributed by atoms with van der Waals surface area (Å²) in [5.74, 6) is -2.59. The van der Waals surface area contributed by atoms with Gasteiger partial charge in [0.05, 0.1) is 18.6 Å². The zero-order valence-electron chi connectivity index (χ0n) is 13.6. The van der Waals surface area contributed by atoms with E-state index in [2.05, 4.69) is 20.8 Å². The minimum atomic E-state index is -1.08. The number of hydrogen-bond acceptors (Lipinski definition) is 7. The van der Waals surface area contributed by atoms with E-state index < -0.39 is 23.4 Å². The van der Waals surface area contributed by atoms with Crippen LogP contribution in [-0.4, -0.2) is 34.3 Å². The van der Waals surface area contributed by atoms with Gasteiger partial charge in [-0.2, -0.15) is 0 Å². The number of carbonyl (C=O) groups is 2. The second-order valence-corrected chi connectivity index (χ2v) is 6.02. The summed E-state index contributed by atoms with van der Waals surface area (Å²) in [6.45, 7) is -0.333. The molecule has 0 atom stereocenters. The lowest BCUT2D eigenvalue weighted by Crippen LogP contribution is -2.33. The zero-order chi connectivity index (χ0) is 19.2. The first-order valence-corrected chi connectivity index (χ1v) is 8.51. The van der Waals surface area contributed by atoms with E-state index in [0.717, 1.165) is 23.9 Å². The van der Waals surface area contributed by atoms with Gasteiger partial charge in [0, 0.05) is 11.8 Å². The first-order valence-electron chi connectivity index (χ1n) is 7.53. The Bertz CT molecular complexity index is 946. The maximum absolute atomic E-state index is 13.1. The Balaban J connectivity index is 1.41. The van der Waals surface area contributed by atoms with Crippen molar-refractivity contribution in [3.8, 4) is 11.7 Å². The third-order valence-electron chi connectivity index (χ3n) is 3.11. The summed E-state index contributed by atoms with van der Waals surface area (Å²) in [4.78, 5) is 23.5. The van der Waals surface area contributed by atoms with Crippen molar-refractivity contribution in [2.45, 2.75) is 5.22 Å². The van der Waals surface area contributed by atoms with E-state index in [4.69, 9.17) is 8.83 Å². The fourth-order valence-electron chi connectivity index (χ4n) is 1.90. The van der Waals surface area contributed by atoms with Gasteiger partial charge in [-0.25, -0.2) is 8.78 Å². The van der Waals surface area contributed by atoms with Crippen LogP contribution in [0.25, 0.3) is 11.7 Å². The number of nitrogens with one attached hydrogen (secondary N) is 2. The third-order valence-corrected chi connectivity index (χ3v) is 3.93. The van der Waals surface area contributed by atoms with Gasteiger partial charge in [0.2, 0.25) is 11.8 Å². The van der Waals surface area contributed by atoms with Gasteiger partial charge in [-0.15, -0.1) is 10.2 Å². The summed E-state index contributed by atoms with van der Waals surface area (Å²) < 4.78 is 36.3. The molecule has 0 bridgehead atoms. The van der Waals surface area contributed by atoms with Crippen molar-refractivity contribution < 1.29 is 27.2 Å². The number of benzene rings is 1. The average Bonchev–Trinajstić information content (AvgIpc) is 3.32. The summed E-state index contributed by atoms with van der Waals surface area (Å²) in [6.07, 6.45) is 1.46. The van der Waals surface area contributed by atoms with Crippen LogP contribution in [0.15, 0.2) is 50.7 Å². The van der Waals surface area contributed by atoms with E-state index in [1.54, 1.807) is 12.1 Å². The van der Waals surface area contributed by atoms with E-state index in [0.29, 0.717) is 5.76 Å². The van der Waals surface area contributed by atoms with Gasteiger partial charge in [0.25, 0.3) is 11.1 Å². The summed E-state index contributed by atoms with van der Waals surface area (Å²) in [7, 11) is 0. The highest BCUT2D eigenvalue weighted by atomic mass is 32.2. The molecule has 2 heterocycles. The van der Waals surface area contributed by atoms with Crippen LogP contribution in [0, 0.1) is 11.6 Å². The molecule has 0 unspecified atom stereocenters. The van der Waals surface area contributed by atoms with E-state index in [9.17, 15) is 18.4 Å². The van der Waals surface area contributed by atoms with Gasteiger partial charge >= 0.3 is 0 Å². The summed E-state index contributed by atoms with van der Waals surface area (Å²) >= 11 is 0.989. The Morgan fingerprint density at radius 3 is 2.70 bits per heavy atom. The Labute approximate surface area is 155 Å². The van der Waals surface area contributed by atoms with Crippen molar-refractivity contribution in [3.63, 3.8) is 0 Å². The van der Waals surface area contributed by atoms with Gasteiger partial charge in [0.1, 0.15) is 0 Å². The quantitative estimate of drug-likeness (QED) is 0.592. The van der Waals surface area contributed by atoms with Gasteiger partial charge < -0.3 is 19.5 Å². The minimum Gasteiger partial charge on any atom is -0.459 e. The molecule has 0 saturated carbocycles. The lowest BCUT2D eigenvalue weighted by Gasteiger charge is -2.06. The molecule has 2 aromatic heterocycles. The van der Waals surface area contributed by atoms with Crippen LogP contribution < -0.4 is 10.6 Å². The molecule has 140 valence electrons. The molecule has 27 heavy (non-hydrogen) atoms. The molecule has 0 spiro atoms. The number of amides is 2. The first kappa shape index (κ1) is 18.6. The number of nitrogens with zero attached hydrogens (tertiary/aromatic N) is 2. The number of halogens is 2. The van der Waals surface area contributed by atoms with Crippen molar-refractivity contribution in [3.05, 3.63) is 48.2 Å². The molecule has 0 radical (unpaired) electrons. The Morgan fingerprint density at radius 2 is 1.96 bits per heavy atom. The standard InChI is InChI=1S/C16H12F2N4O4S/c17-10-4-3-9(6-11(10)18)20-13(23)7-19-14(24)8-27-16-22-21-15(26-16)12-2-1-5-25-12/h1-6H,7-8H2,(H,19,24)(H,20,23). The zero-order valence-corrected chi connectivity index (χ0v) is 14.4. The number of anilines is 1. The summed E-state index contributed by atoms with van der Waals surface area (Å²) in [6, 6.07) is 6.27. The number of thioether (sulfide) groups is 1. The monoisotopic (exact) mass is 394 g/mol. The van der Waals surface area contributed by atoms with Crippen LogP contribution in [0.5, 0.6) is 0 Å². The molecule has 3 aromatic rings. The van der Waals surface area contributed by atoms with Gasteiger partial charge in [-0.3, -0.25) is 9.59 Å². The van der Waals surface area contributed by atoms with Crippen molar-refractivity contribution in [1.29, 1.82) is 0 Å². The first-order chi connectivity index (χ1) is 13.0. The predicted molar refractivity (Wildman–Crippen MR) is 90.7 cm³/mol. The Morgan fingerprint density at radius 1 is 1.11 bits per heavy atom. The van der Waals surface area contributed by atoms with E-state index in [1.165, 1.54) is 12.3 Å². The topological polar surface area (TPSA) is 110 Å². The molecule has 11 heteroatoms. The summed E-state index contributed by atoms with van der Waals surface area (Å²) in [5.41, 5.74) is 0.0823. The molecule has 8 nitrogen and oxygen atoms in total. The van der Waals surface area contributed by atoms with Crippen LogP contribution in [0.4, 0.5) is 14.5 Å². The van der Waals surface area contributed by atoms with Crippen LogP contribution in [0.1, 0.15) is 0 Å². The minimum absolute atomic E-state index is 0.0573. The van der Waals surface area contributed by atoms with E-state index in [1.807, 2.05) is 0 Å². The number of aromatic nitrogens is 2. The molecule has 0 saturated heterocycles. The number of furan rings is 1. The average molecular weight is 394 g/mol. The molecule has 3 rings (SSSR count). The lowest BCUT2D eigenvalue weighted by atomic mass is 10.3. The van der Waals surface area contributed by atoms with Gasteiger partial charge in [0.15, 0.2) is 17.4 Å². The summed E-state index contributed by atoms with van der Waals surface area (Å²) in [5, 5.41) is 12.5. The van der Waals surface area contributed by atoms with Crippen molar-refractivity contribution in [1.82, 2.24) is 15.5 Å². The van der Waals surface area contributed by atoms with Crippen molar-refractivity contribution in [2.24, 2.45) is 0 Å². The van der Waals surface area contributed by atoms with Crippen LogP contribution >= 0.6 is 11.8 Å². The highest BCUT2D eigenvalue weighted by Gasteiger charge is 2.13. The van der Waals surface area contributed by atoms with Crippen molar-refractivity contribution in [2.75, 3.05) is 17.6 Å². The highest BCUT2D eigenvalue weighted by molar-refractivity contribution is 7.99. The molecule has 0 aliphatic rings. The molecule has 1 aromatic carbocycles. The Kier molecular flexibility index (Phi) is 5.81. The number of carbonyl (C=O) groups excluding carboxylic acids is 2. The number of rotatable bonds is 7. The van der Waals surface area contributed by atoms with Gasteiger partial charge in [-0.05, 0) is 24.3 Å². The largest absolute Gasteiger partial charge is 0.459 e. The molecule has 0 aliphatic carbocycles. The maximum atomic E-state index is 13.1. The molecule has 2 N–H and O–H groups in total. The third kappa shape index (κ3) is 5.14. The highest BCUT2D eigenvalue weighted by Crippen LogP contribution is 2.23. The van der Waals surface area contributed by atoms with Crippen LogP contribution in [-0.2, 0) is 9.59 Å². The second kappa shape index (κ2) is 8.45. The SMILES string of the molecule is O=C(CSc1nnc(-c2ccco2)o1)NCC(=O)Nc1ccc(F)c(F)c1. The molecular formula is C16H12F2N4O4S. The number of hydrogen-bond donors (Lipinski definition) is 2. The van der Waals surface area contributed by atoms with Crippen molar-refractivity contribution >= 4 is 29.3 Å². The van der Waals surface area contributed by atoms with Gasteiger partial charge in [-0.1, -0.05) is 11.8 Å². The molecule has 0 aliphatic heterocycles. The Hall–Kier alpha value is -3.21. The predicted octanol–water partition coefficient (Wildman–Crippen LogP) is 2.45. The van der Waals surface area contributed by atoms with Crippen LogP contribution in [0.2, 0.25) is 0 Å². The second-order valence-electron chi connectivity index (χ2n) is 5.09. The lowest BCUT2D eigenvalue weighted by molar-refractivity contribution is -0.122. The molecule has 2 amide bonds. The van der Waals surface area contributed by atoms with Crippen LogP contribution in [0.3, 0.4) is 0 Å². The van der Waals surface area contributed by atoms with E-state index >= 15 is 0 Å². The fourth-order valence-corrected chi connectivity index (χ4v) is 2.50. The fraction of sp³-hybridized carbons (Fsp3) is 0.125. The smallest absolute Gasteiger partial charge is 0.284 e. The molecule has 0 fully saturated rings. The normalized spacial score (nSPS) is 10.6. The molecular weight excluding hydrogens is 382 g/mol. The van der Waals surface area contributed by atoms with E-state index in [-0.39, 0.29) is 29.1 Å².